The Hall–Kier alpha value is -0.995. The van der Waals surface area contributed by atoms with Gasteiger partial charge in [-0.3, -0.25) is 0 Å². The van der Waals surface area contributed by atoms with Crippen molar-refractivity contribution in [3.8, 4) is 0 Å². The van der Waals surface area contributed by atoms with E-state index in [2.05, 4.69) is 0 Å². The van der Waals surface area contributed by atoms with Crippen LogP contribution in [-0.2, 0) is 0 Å². The van der Waals surface area contributed by atoms with Gasteiger partial charge < -0.3 is 15.8 Å². The fourth-order valence-corrected chi connectivity index (χ4v) is 0.810. The van der Waals surface area contributed by atoms with E-state index < -0.39 is 14.0 Å². The third-order valence-electron chi connectivity index (χ3n) is 1.36. The van der Waals surface area contributed by atoms with Crippen molar-refractivity contribution in [1.29, 1.82) is 0 Å². The summed E-state index contributed by atoms with van der Waals surface area (Å²) in [7, 11) is -1.68. The second kappa shape index (κ2) is 2.94. The zero-order valence-electron chi connectivity index (χ0n) is 8.78. The fourth-order valence-electron chi connectivity index (χ4n) is 0.810. The molecular weight excluding hydrogens is 141 g/mol. The van der Waals surface area contributed by atoms with Crippen LogP contribution in [0.1, 0.15) is 9.68 Å². The summed E-state index contributed by atoms with van der Waals surface area (Å²) < 4.78 is 21.3. The van der Waals surface area contributed by atoms with E-state index in [0.717, 1.165) is 0 Å². The Bertz CT molecular complexity index is 340. The van der Waals surface area contributed by atoms with Crippen LogP contribution in [-0.4, -0.2) is 17.2 Å². The maximum absolute atomic E-state index is 8.83. The number of anilines is 1. The van der Waals surface area contributed by atoms with Crippen LogP contribution in [0.25, 0.3) is 0 Å². The van der Waals surface area contributed by atoms with Crippen molar-refractivity contribution in [2.75, 3.05) is 5.73 Å². The van der Waals surface area contributed by atoms with Crippen LogP contribution >= 0.6 is 0 Å². The predicted octanol–water partition coefficient (Wildman–Crippen LogP) is -0.743. The van der Waals surface area contributed by atoms with Gasteiger partial charge in [-0.05, 0) is 18.5 Å². The molecule has 0 atom stereocenters. The normalized spacial score (nSPS) is 14.9. The van der Waals surface area contributed by atoms with Crippen LogP contribution in [0.3, 0.4) is 0 Å². The van der Waals surface area contributed by atoms with Crippen molar-refractivity contribution >= 4 is 18.3 Å². The minimum Gasteiger partial charge on any atom is -0.423 e. The summed E-state index contributed by atoms with van der Waals surface area (Å²) in [6.45, 7) is -2.23. The number of nitrogens with two attached hydrogens (primary N) is 1. The lowest BCUT2D eigenvalue weighted by molar-refractivity contribution is 0.426. The molecular formula is C7H10BNO2. The van der Waals surface area contributed by atoms with Crippen molar-refractivity contribution < 1.29 is 14.2 Å². The molecule has 0 heterocycles. The van der Waals surface area contributed by atoms with E-state index in [1.54, 1.807) is 0 Å². The molecule has 0 spiro atoms. The molecule has 0 aromatic heterocycles. The van der Waals surface area contributed by atoms with Crippen molar-refractivity contribution in [3.63, 3.8) is 0 Å². The first-order valence-corrected chi connectivity index (χ1v) is 3.08. The van der Waals surface area contributed by atoms with Gasteiger partial charge in [0.05, 0.1) is 0 Å². The summed E-state index contributed by atoms with van der Waals surface area (Å²) in [5.74, 6) is 0. The predicted molar refractivity (Wildman–Crippen MR) is 45.4 cm³/mol. The molecule has 0 aliphatic heterocycles. The molecule has 4 N–H and O–H groups in total. The molecule has 0 aliphatic carbocycles. The van der Waals surface area contributed by atoms with Gasteiger partial charge in [-0.25, -0.2) is 0 Å². The lowest BCUT2D eigenvalue weighted by Crippen LogP contribution is -2.32. The van der Waals surface area contributed by atoms with E-state index in [0.29, 0.717) is 0 Å². The summed E-state index contributed by atoms with van der Waals surface area (Å²) >= 11 is 0. The number of nitrogen functional groups attached to an aromatic ring is 1. The molecule has 0 aliphatic rings. The Morgan fingerprint density at radius 1 is 1.55 bits per heavy atom. The summed E-state index contributed by atoms with van der Waals surface area (Å²) in [6, 6.07) is 3.82. The molecule has 3 nitrogen and oxygen atoms in total. The van der Waals surface area contributed by atoms with Crippen LogP contribution in [0, 0.1) is 6.85 Å². The van der Waals surface area contributed by atoms with Gasteiger partial charge in [-0.1, -0.05) is 12.1 Å². The average molecular weight is 154 g/mol. The van der Waals surface area contributed by atoms with E-state index in [-0.39, 0.29) is 16.7 Å². The SMILES string of the molecule is [2H]C([2H])([2H])c1ccc(B(O)O)c(N)c1. The van der Waals surface area contributed by atoms with Crippen LogP contribution < -0.4 is 11.2 Å². The third-order valence-corrected chi connectivity index (χ3v) is 1.36. The lowest BCUT2D eigenvalue weighted by Gasteiger charge is -2.03. The van der Waals surface area contributed by atoms with Gasteiger partial charge in [0.2, 0.25) is 0 Å². The van der Waals surface area contributed by atoms with Crippen LogP contribution in [0.4, 0.5) is 5.69 Å². The molecule has 1 rings (SSSR count). The minimum absolute atomic E-state index is 0.0635. The zero-order valence-corrected chi connectivity index (χ0v) is 5.78. The summed E-state index contributed by atoms with van der Waals surface area (Å²) in [5.41, 5.74) is 5.70. The second-order valence-corrected chi connectivity index (χ2v) is 2.22. The number of hydrogen-bond acceptors (Lipinski definition) is 3. The Kier molecular flexibility index (Phi) is 1.28. The first kappa shape index (κ1) is 4.80. The molecule has 0 unspecified atom stereocenters. The Morgan fingerprint density at radius 3 is 2.73 bits per heavy atom. The Morgan fingerprint density at radius 2 is 2.27 bits per heavy atom. The van der Waals surface area contributed by atoms with Crippen molar-refractivity contribution in [2.45, 2.75) is 6.85 Å². The molecule has 11 heavy (non-hydrogen) atoms. The molecule has 58 valence electrons. The minimum atomic E-state index is -2.23. The highest BCUT2D eigenvalue weighted by Crippen LogP contribution is 2.02. The van der Waals surface area contributed by atoms with Crippen LogP contribution in [0.2, 0.25) is 0 Å². The van der Waals surface area contributed by atoms with E-state index >= 15 is 0 Å². The molecule has 0 fully saturated rings. The molecule has 0 saturated heterocycles. The van der Waals surface area contributed by atoms with E-state index in [4.69, 9.17) is 19.9 Å². The number of hydrogen-bond donors (Lipinski definition) is 3. The van der Waals surface area contributed by atoms with Crippen LogP contribution in [0.15, 0.2) is 18.2 Å². The molecule has 0 bridgehead atoms. The van der Waals surface area contributed by atoms with Crippen molar-refractivity contribution in [2.24, 2.45) is 0 Å². The summed E-state index contributed by atoms with van der Waals surface area (Å²) in [6.07, 6.45) is 0. The molecule has 1 aromatic rings. The molecule has 1 aromatic carbocycles. The maximum Gasteiger partial charge on any atom is 0.490 e. The molecule has 4 heteroatoms. The van der Waals surface area contributed by atoms with Gasteiger partial charge in [0.25, 0.3) is 0 Å². The van der Waals surface area contributed by atoms with Gasteiger partial charge in [0.1, 0.15) is 0 Å². The highest BCUT2D eigenvalue weighted by molar-refractivity contribution is 6.60. The lowest BCUT2D eigenvalue weighted by atomic mass is 9.79. The van der Waals surface area contributed by atoms with E-state index in [9.17, 15) is 0 Å². The highest BCUT2D eigenvalue weighted by atomic mass is 16.4. The molecule has 0 radical (unpaired) electrons. The maximum atomic E-state index is 8.83. The smallest absolute Gasteiger partial charge is 0.423 e. The number of benzene rings is 1. The average Bonchev–Trinajstić information content (AvgIpc) is 2.01. The highest BCUT2D eigenvalue weighted by Gasteiger charge is 2.13. The van der Waals surface area contributed by atoms with Crippen molar-refractivity contribution in [3.05, 3.63) is 23.8 Å². The largest absolute Gasteiger partial charge is 0.490 e. The quantitative estimate of drug-likeness (QED) is 0.368. The van der Waals surface area contributed by atoms with Gasteiger partial charge in [0.15, 0.2) is 0 Å². The zero-order chi connectivity index (χ0) is 10.9. The van der Waals surface area contributed by atoms with Gasteiger partial charge in [-0.15, -0.1) is 0 Å². The van der Waals surface area contributed by atoms with Crippen LogP contribution in [0.5, 0.6) is 0 Å². The monoisotopic (exact) mass is 154 g/mol. The Labute approximate surface area is 69.8 Å². The second-order valence-electron chi connectivity index (χ2n) is 2.22. The Balaban J connectivity index is 3.13. The van der Waals surface area contributed by atoms with E-state index in [1.807, 2.05) is 0 Å². The van der Waals surface area contributed by atoms with Gasteiger partial charge >= 0.3 is 7.12 Å². The molecule has 0 amide bonds. The molecule has 0 saturated carbocycles. The van der Waals surface area contributed by atoms with E-state index in [1.165, 1.54) is 18.2 Å². The topological polar surface area (TPSA) is 66.5 Å². The first-order chi connectivity index (χ1) is 6.32. The first-order valence-electron chi connectivity index (χ1n) is 4.58. The van der Waals surface area contributed by atoms with Crippen molar-refractivity contribution in [1.82, 2.24) is 0 Å². The third kappa shape index (κ3) is 1.72. The fraction of sp³-hybridized carbons (Fsp3) is 0.143. The van der Waals surface area contributed by atoms with Gasteiger partial charge in [0, 0.05) is 15.3 Å². The van der Waals surface area contributed by atoms with Gasteiger partial charge in [-0.2, -0.15) is 0 Å². The standard InChI is InChI=1S/C7H10BNO2/c1-5-2-3-6(8(10)11)7(9)4-5/h2-4,10-11H,9H2,1H3/i1D3. The number of rotatable bonds is 1. The summed E-state index contributed by atoms with van der Waals surface area (Å²) in [5, 5.41) is 17.7. The number of aryl methyl sites for hydroxylation is 1. The summed E-state index contributed by atoms with van der Waals surface area (Å²) in [4.78, 5) is 0.